The molecule has 138 valence electrons. The van der Waals surface area contributed by atoms with Gasteiger partial charge in [0.05, 0.1) is 6.20 Å². The fraction of sp³-hybridized carbons (Fsp3) is 0.0909. The highest BCUT2D eigenvalue weighted by atomic mass is 19.1. The second-order valence-corrected chi connectivity index (χ2v) is 6.80. The molecule has 0 atom stereocenters. The topological polar surface area (TPSA) is 54.7 Å². The molecule has 2 aromatic carbocycles. The van der Waals surface area contributed by atoms with Gasteiger partial charge in [0, 0.05) is 23.1 Å². The van der Waals surface area contributed by atoms with Crippen LogP contribution in [0.3, 0.4) is 0 Å². The van der Waals surface area contributed by atoms with E-state index in [-0.39, 0.29) is 11.6 Å². The zero-order valence-corrected chi connectivity index (χ0v) is 14.7. The van der Waals surface area contributed by atoms with Gasteiger partial charge >= 0.3 is 0 Å². The highest BCUT2D eigenvalue weighted by Crippen LogP contribution is 2.42. The van der Waals surface area contributed by atoms with Crippen LogP contribution in [0.15, 0.2) is 71.5 Å². The molecular formula is C22H15F2N3O. The van der Waals surface area contributed by atoms with Crippen LogP contribution >= 0.6 is 0 Å². The van der Waals surface area contributed by atoms with Crippen LogP contribution in [0.5, 0.6) is 0 Å². The maximum Gasteiger partial charge on any atom is 0.247 e. The standard InChI is InChI=1S/C22H15F2N3O/c23-16-5-1-14(2-6-16)22(15-3-7-17(24)8-4-15)10-9-18-19(13-22)26-27-20(18)21-25-11-12-28-21/h1-12H,13H2,(H,26,27). The van der Waals surface area contributed by atoms with Crippen molar-refractivity contribution in [3.05, 3.63) is 101 Å². The number of benzene rings is 2. The van der Waals surface area contributed by atoms with Gasteiger partial charge in [-0.25, -0.2) is 13.8 Å². The van der Waals surface area contributed by atoms with Crippen molar-refractivity contribution in [2.45, 2.75) is 11.8 Å². The van der Waals surface area contributed by atoms with E-state index in [4.69, 9.17) is 4.42 Å². The van der Waals surface area contributed by atoms with Gasteiger partial charge in [-0.3, -0.25) is 5.10 Å². The Bertz CT molecular complexity index is 1100. The summed E-state index contributed by atoms with van der Waals surface area (Å²) in [6.07, 6.45) is 7.66. The van der Waals surface area contributed by atoms with E-state index in [1.807, 2.05) is 6.08 Å². The molecule has 0 fully saturated rings. The summed E-state index contributed by atoms with van der Waals surface area (Å²) in [6.45, 7) is 0. The van der Waals surface area contributed by atoms with Crippen LogP contribution in [-0.2, 0) is 11.8 Å². The van der Waals surface area contributed by atoms with Crippen LogP contribution in [0.1, 0.15) is 22.4 Å². The van der Waals surface area contributed by atoms with Crippen molar-refractivity contribution in [2.24, 2.45) is 0 Å². The molecule has 6 heteroatoms. The van der Waals surface area contributed by atoms with Crippen molar-refractivity contribution in [3.63, 3.8) is 0 Å². The summed E-state index contributed by atoms with van der Waals surface area (Å²) in [4.78, 5) is 4.17. The van der Waals surface area contributed by atoms with E-state index >= 15 is 0 Å². The fourth-order valence-electron chi connectivity index (χ4n) is 3.83. The molecule has 2 heterocycles. The lowest BCUT2D eigenvalue weighted by Crippen LogP contribution is -2.30. The Balaban J connectivity index is 1.66. The van der Waals surface area contributed by atoms with Gasteiger partial charge in [-0.1, -0.05) is 36.4 Å². The molecule has 4 nitrogen and oxygen atoms in total. The zero-order chi connectivity index (χ0) is 19.1. The summed E-state index contributed by atoms with van der Waals surface area (Å²) >= 11 is 0. The molecule has 0 radical (unpaired) electrons. The Morgan fingerprint density at radius 3 is 2.14 bits per heavy atom. The van der Waals surface area contributed by atoms with Crippen LogP contribution in [0.4, 0.5) is 8.78 Å². The molecule has 2 aromatic heterocycles. The number of hydrogen-bond acceptors (Lipinski definition) is 3. The van der Waals surface area contributed by atoms with Crippen LogP contribution in [0.2, 0.25) is 0 Å². The molecule has 0 unspecified atom stereocenters. The predicted octanol–water partition coefficient (Wildman–Crippen LogP) is 4.90. The normalized spacial score (nSPS) is 14.8. The Hall–Kier alpha value is -3.54. The van der Waals surface area contributed by atoms with Gasteiger partial charge in [0.2, 0.25) is 5.89 Å². The van der Waals surface area contributed by atoms with E-state index in [2.05, 4.69) is 21.3 Å². The third-order valence-electron chi connectivity index (χ3n) is 5.23. The Labute approximate surface area is 159 Å². The number of aromatic nitrogens is 3. The average molecular weight is 375 g/mol. The summed E-state index contributed by atoms with van der Waals surface area (Å²) in [7, 11) is 0. The molecule has 1 aliphatic rings. The van der Waals surface area contributed by atoms with Crippen molar-refractivity contribution in [1.82, 2.24) is 15.2 Å². The largest absolute Gasteiger partial charge is 0.443 e. The molecule has 0 bridgehead atoms. The number of fused-ring (bicyclic) bond motifs is 1. The van der Waals surface area contributed by atoms with Gasteiger partial charge in [-0.05, 0) is 35.4 Å². The number of hydrogen-bond donors (Lipinski definition) is 1. The Morgan fingerprint density at radius 1 is 0.929 bits per heavy atom. The third-order valence-corrected chi connectivity index (χ3v) is 5.23. The number of halogens is 2. The van der Waals surface area contributed by atoms with Crippen molar-refractivity contribution < 1.29 is 13.2 Å². The van der Waals surface area contributed by atoms with Crippen molar-refractivity contribution in [1.29, 1.82) is 0 Å². The molecule has 0 saturated heterocycles. The second-order valence-electron chi connectivity index (χ2n) is 6.80. The van der Waals surface area contributed by atoms with Crippen LogP contribution in [0, 0.1) is 11.6 Å². The number of oxazole rings is 1. The first kappa shape index (κ1) is 16.6. The molecule has 1 aliphatic carbocycles. The summed E-state index contributed by atoms with van der Waals surface area (Å²) in [6, 6.07) is 12.8. The molecular weight excluding hydrogens is 360 g/mol. The lowest BCUT2D eigenvalue weighted by molar-refractivity contribution is 0.571. The van der Waals surface area contributed by atoms with Gasteiger partial charge in [0.1, 0.15) is 17.9 Å². The molecule has 0 spiro atoms. The van der Waals surface area contributed by atoms with Gasteiger partial charge in [-0.2, -0.15) is 5.10 Å². The fourth-order valence-corrected chi connectivity index (χ4v) is 3.83. The SMILES string of the molecule is Fc1ccc(C2(c3ccc(F)cc3)C=Cc3c(-c4ncco4)n[nH]c3C2)cc1. The zero-order valence-electron chi connectivity index (χ0n) is 14.7. The maximum absolute atomic E-state index is 13.5. The van der Waals surface area contributed by atoms with Gasteiger partial charge in [-0.15, -0.1) is 0 Å². The monoisotopic (exact) mass is 375 g/mol. The minimum atomic E-state index is -0.575. The highest BCUT2D eigenvalue weighted by Gasteiger charge is 2.37. The van der Waals surface area contributed by atoms with E-state index in [1.165, 1.54) is 30.5 Å². The quantitative estimate of drug-likeness (QED) is 0.554. The van der Waals surface area contributed by atoms with E-state index in [1.54, 1.807) is 30.5 Å². The predicted molar refractivity (Wildman–Crippen MR) is 100 cm³/mol. The average Bonchev–Trinajstić information content (AvgIpc) is 3.38. The summed E-state index contributed by atoms with van der Waals surface area (Å²) in [5, 5.41) is 7.45. The van der Waals surface area contributed by atoms with Crippen LogP contribution in [0.25, 0.3) is 17.7 Å². The number of rotatable bonds is 3. The van der Waals surface area contributed by atoms with E-state index < -0.39 is 5.41 Å². The lowest BCUT2D eigenvalue weighted by Gasteiger charge is -2.34. The first-order valence-electron chi connectivity index (χ1n) is 8.84. The number of nitrogens with zero attached hydrogens (tertiary/aromatic N) is 2. The number of H-pyrrole nitrogens is 1. The maximum atomic E-state index is 13.5. The van der Waals surface area contributed by atoms with Gasteiger partial charge in [0.15, 0.2) is 5.69 Å². The van der Waals surface area contributed by atoms with Crippen molar-refractivity contribution >= 4 is 6.08 Å². The first-order chi connectivity index (χ1) is 13.7. The van der Waals surface area contributed by atoms with Crippen molar-refractivity contribution in [2.75, 3.05) is 0 Å². The Kier molecular flexibility index (Phi) is 3.72. The lowest BCUT2D eigenvalue weighted by atomic mass is 9.68. The van der Waals surface area contributed by atoms with Crippen LogP contribution < -0.4 is 0 Å². The Morgan fingerprint density at radius 2 is 1.57 bits per heavy atom. The highest BCUT2D eigenvalue weighted by molar-refractivity contribution is 5.73. The third kappa shape index (κ3) is 2.57. The number of aromatic amines is 1. The van der Waals surface area contributed by atoms with Gasteiger partial charge in [0.25, 0.3) is 0 Å². The number of nitrogens with one attached hydrogen (secondary N) is 1. The molecule has 0 aliphatic heterocycles. The first-order valence-corrected chi connectivity index (χ1v) is 8.84. The molecule has 28 heavy (non-hydrogen) atoms. The molecule has 0 saturated carbocycles. The molecule has 4 aromatic rings. The molecule has 1 N–H and O–H groups in total. The van der Waals surface area contributed by atoms with Gasteiger partial charge < -0.3 is 4.42 Å². The van der Waals surface area contributed by atoms with E-state index in [9.17, 15) is 8.78 Å². The van der Waals surface area contributed by atoms with E-state index in [0.29, 0.717) is 18.0 Å². The molecule has 5 rings (SSSR count). The summed E-state index contributed by atoms with van der Waals surface area (Å²) < 4.78 is 32.4. The summed E-state index contributed by atoms with van der Waals surface area (Å²) in [5.74, 6) is -0.157. The second kappa shape index (κ2) is 6.27. The summed E-state index contributed by atoms with van der Waals surface area (Å²) in [5.41, 5.74) is 3.70. The minimum absolute atomic E-state index is 0.300. The number of allylic oxidation sites excluding steroid dienone is 1. The van der Waals surface area contributed by atoms with Crippen molar-refractivity contribution in [3.8, 4) is 11.6 Å². The smallest absolute Gasteiger partial charge is 0.247 e. The molecule has 0 amide bonds. The van der Waals surface area contributed by atoms with Crippen LogP contribution in [-0.4, -0.2) is 15.2 Å². The van der Waals surface area contributed by atoms with E-state index in [0.717, 1.165) is 22.4 Å². The minimum Gasteiger partial charge on any atom is -0.443 e.